The summed E-state index contributed by atoms with van der Waals surface area (Å²) < 4.78 is 21.4. The third kappa shape index (κ3) is 4.01. The summed E-state index contributed by atoms with van der Waals surface area (Å²) in [7, 11) is 4.63. The van der Waals surface area contributed by atoms with Crippen LogP contribution in [0.5, 0.6) is 17.2 Å². The highest BCUT2D eigenvalue weighted by Gasteiger charge is 2.17. The lowest BCUT2D eigenvalue weighted by atomic mass is 10.1. The van der Waals surface area contributed by atoms with Crippen LogP contribution in [0.4, 0.5) is 0 Å². The van der Waals surface area contributed by atoms with Crippen LogP contribution in [0.15, 0.2) is 28.7 Å². The first kappa shape index (κ1) is 17.7. The maximum absolute atomic E-state index is 12.3. The predicted octanol–water partition coefficient (Wildman–Crippen LogP) is 3.03. The molecule has 0 unspecified atom stereocenters. The molecule has 0 spiro atoms. The van der Waals surface area contributed by atoms with Crippen LogP contribution in [0.1, 0.15) is 30.0 Å². The van der Waals surface area contributed by atoms with Gasteiger partial charge in [0.05, 0.1) is 33.8 Å². The van der Waals surface area contributed by atoms with Crippen molar-refractivity contribution in [2.75, 3.05) is 21.3 Å². The molecular formula is C18H23NO5. The van der Waals surface area contributed by atoms with Gasteiger partial charge in [-0.25, -0.2) is 0 Å². The van der Waals surface area contributed by atoms with Gasteiger partial charge in [0.1, 0.15) is 11.5 Å². The number of methoxy groups -OCH3 is 3. The van der Waals surface area contributed by atoms with E-state index in [-0.39, 0.29) is 18.4 Å². The van der Waals surface area contributed by atoms with Gasteiger partial charge in [0.15, 0.2) is 11.5 Å². The molecule has 0 aliphatic carbocycles. The number of ether oxygens (including phenoxy) is 3. The Bertz CT molecular complexity index is 682. The second-order valence-electron chi connectivity index (χ2n) is 5.45. The first-order valence-electron chi connectivity index (χ1n) is 7.63. The third-order valence-electron chi connectivity index (χ3n) is 3.65. The fourth-order valence-electron chi connectivity index (χ4n) is 2.47. The van der Waals surface area contributed by atoms with Gasteiger partial charge in [-0.3, -0.25) is 4.79 Å². The van der Waals surface area contributed by atoms with Crippen LogP contribution in [0.3, 0.4) is 0 Å². The molecule has 2 rings (SSSR count). The number of rotatable bonds is 7. The van der Waals surface area contributed by atoms with Gasteiger partial charge in [0.25, 0.3) is 0 Å². The molecule has 24 heavy (non-hydrogen) atoms. The SMILES string of the molecule is COc1cc(CC(=O)N[C@H](C)c2ccc(C)o2)cc(OC)c1OC. The topological polar surface area (TPSA) is 69.9 Å². The Balaban J connectivity index is 2.11. The predicted molar refractivity (Wildman–Crippen MR) is 89.8 cm³/mol. The molecule has 0 saturated carbocycles. The normalized spacial score (nSPS) is 11.7. The van der Waals surface area contributed by atoms with Crippen molar-refractivity contribution in [1.29, 1.82) is 0 Å². The number of furan rings is 1. The highest BCUT2D eigenvalue weighted by molar-refractivity contribution is 5.79. The average molecular weight is 333 g/mol. The molecule has 1 heterocycles. The molecular weight excluding hydrogens is 310 g/mol. The number of hydrogen-bond donors (Lipinski definition) is 1. The average Bonchev–Trinajstić information content (AvgIpc) is 3.00. The first-order valence-corrected chi connectivity index (χ1v) is 7.63. The molecule has 1 amide bonds. The molecule has 130 valence electrons. The Morgan fingerprint density at radius 1 is 1.12 bits per heavy atom. The fraction of sp³-hybridized carbons (Fsp3) is 0.389. The van der Waals surface area contributed by atoms with E-state index >= 15 is 0 Å². The summed E-state index contributed by atoms with van der Waals surface area (Å²) in [5.41, 5.74) is 0.768. The van der Waals surface area contributed by atoms with Crippen LogP contribution in [0.25, 0.3) is 0 Å². The molecule has 6 nitrogen and oxygen atoms in total. The number of hydrogen-bond acceptors (Lipinski definition) is 5. The number of nitrogens with one attached hydrogen (secondary N) is 1. The van der Waals surface area contributed by atoms with E-state index in [4.69, 9.17) is 18.6 Å². The minimum atomic E-state index is -0.201. The molecule has 2 aromatic rings. The van der Waals surface area contributed by atoms with Gasteiger partial charge < -0.3 is 23.9 Å². The summed E-state index contributed by atoms with van der Waals surface area (Å²) >= 11 is 0. The number of benzene rings is 1. The smallest absolute Gasteiger partial charge is 0.225 e. The molecule has 1 aromatic carbocycles. The lowest BCUT2D eigenvalue weighted by Gasteiger charge is -2.15. The molecule has 0 radical (unpaired) electrons. The summed E-state index contributed by atoms with van der Waals surface area (Å²) in [5, 5.41) is 2.92. The molecule has 0 bridgehead atoms. The van der Waals surface area contributed by atoms with Crippen LogP contribution in [-0.4, -0.2) is 27.2 Å². The molecule has 1 atom stereocenters. The molecule has 0 aliphatic rings. The maximum atomic E-state index is 12.3. The lowest BCUT2D eigenvalue weighted by Crippen LogP contribution is -2.27. The van der Waals surface area contributed by atoms with Crippen LogP contribution >= 0.6 is 0 Å². The number of carbonyl (C=O) groups excluding carboxylic acids is 1. The van der Waals surface area contributed by atoms with Crippen molar-refractivity contribution in [3.63, 3.8) is 0 Å². The van der Waals surface area contributed by atoms with Gasteiger partial charge in [-0.15, -0.1) is 0 Å². The molecule has 1 aromatic heterocycles. The number of aryl methyl sites for hydroxylation is 1. The van der Waals surface area contributed by atoms with Crippen molar-refractivity contribution in [1.82, 2.24) is 5.32 Å². The van der Waals surface area contributed by atoms with Crippen molar-refractivity contribution in [2.24, 2.45) is 0 Å². The molecule has 0 aliphatic heterocycles. The second-order valence-corrected chi connectivity index (χ2v) is 5.45. The largest absolute Gasteiger partial charge is 0.493 e. The van der Waals surface area contributed by atoms with E-state index < -0.39 is 0 Å². The van der Waals surface area contributed by atoms with Gasteiger partial charge >= 0.3 is 0 Å². The summed E-state index contributed by atoms with van der Waals surface area (Å²) in [6, 6.07) is 7.07. The van der Waals surface area contributed by atoms with E-state index in [0.29, 0.717) is 17.2 Å². The van der Waals surface area contributed by atoms with Crippen LogP contribution in [-0.2, 0) is 11.2 Å². The quantitative estimate of drug-likeness (QED) is 0.843. The minimum absolute atomic E-state index is 0.120. The minimum Gasteiger partial charge on any atom is -0.493 e. The molecule has 1 N–H and O–H groups in total. The Hall–Kier alpha value is -2.63. The first-order chi connectivity index (χ1) is 11.5. The number of amides is 1. The Morgan fingerprint density at radius 2 is 1.75 bits per heavy atom. The summed E-state index contributed by atoms with van der Waals surface area (Å²) in [4.78, 5) is 12.3. The second kappa shape index (κ2) is 7.77. The van der Waals surface area contributed by atoms with E-state index in [1.165, 1.54) is 0 Å². The monoisotopic (exact) mass is 333 g/mol. The fourth-order valence-corrected chi connectivity index (χ4v) is 2.47. The van der Waals surface area contributed by atoms with E-state index in [1.807, 2.05) is 26.0 Å². The standard InChI is InChI=1S/C18H23NO5/c1-11-6-7-14(24-11)12(2)19-17(20)10-13-8-15(21-3)18(23-5)16(9-13)22-4/h6-9,12H,10H2,1-5H3,(H,19,20)/t12-/m1/s1. The van der Waals surface area contributed by atoms with Gasteiger partial charge in [-0.1, -0.05) is 0 Å². The van der Waals surface area contributed by atoms with Crippen LogP contribution in [0.2, 0.25) is 0 Å². The zero-order valence-electron chi connectivity index (χ0n) is 14.6. The Labute approximate surface area is 141 Å². The van der Waals surface area contributed by atoms with Crippen molar-refractivity contribution in [3.8, 4) is 17.2 Å². The van der Waals surface area contributed by atoms with Crippen LogP contribution < -0.4 is 19.5 Å². The van der Waals surface area contributed by atoms with E-state index in [9.17, 15) is 4.79 Å². The van der Waals surface area contributed by atoms with E-state index in [0.717, 1.165) is 17.1 Å². The Morgan fingerprint density at radius 3 is 2.21 bits per heavy atom. The van der Waals surface area contributed by atoms with E-state index in [2.05, 4.69) is 5.32 Å². The van der Waals surface area contributed by atoms with Crippen molar-refractivity contribution < 1.29 is 23.4 Å². The molecule has 0 fully saturated rings. The van der Waals surface area contributed by atoms with Crippen molar-refractivity contribution in [3.05, 3.63) is 41.3 Å². The van der Waals surface area contributed by atoms with Crippen molar-refractivity contribution in [2.45, 2.75) is 26.3 Å². The van der Waals surface area contributed by atoms with Crippen LogP contribution in [0, 0.1) is 6.92 Å². The maximum Gasteiger partial charge on any atom is 0.225 e. The zero-order chi connectivity index (χ0) is 17.7. The van der Waals surface area contributed by atoms with Crippen molar-refractivity contribution >= 4 is 5.91 Å². The van der Waals surface area contributed by atoms with Gasteiger partial charge in [0.2, 0.25) is 11.7 Å². The summed E-state index contributed by atoms with van der Waals surface area (Å²) in [6.07, 6.45) is 0.195. The van der Waals surface area contributed by atoms with Gasteiger partial charge in [0, 0.05) is 0 Å². The zero-order valence-corrected chi connectivity index (χ0v) is 14.6. The van der Waals surface area contributed by atoms with Gasteiger partial charge in [-0.05, 0) is 43.7 Å². The molecule has 0 saturated heterocycles. The third-order valence-corrected chi connectivity index (χ3v) is 3.65. The van der Waals surface area contributed by atoms with E-state index in [1.54, 1.807) is 33.5 Å². The highest BCUT2D eigenvalue weighted by atomic mass is 16.5. The highest BCUT2D eigenvalue weighted by Crippen LogP contribution is 2.38. The summed E-state index contributed by atoms with van der Waals surface area (Å²) in [5.74, 6) is 2.97. The Kier molecular flexibility index (Phi) is 5.73. The summed E-state index contributed by atoms with van der Waals surface area (Å²) in [6.45, 7) is 3.75. The number of carbonyl (C=O) groups is 1. The molecule has 6 heteroatoms. The van der Waals surface area contributed by atoms with Gasteiger partial charge in [-0.2, -0.15) is 0 Å². The lowest BCUT2D eigenvalue weighted by molar-refractivity contribution is -0.121.